The molecule has 0 aliphatic carbocycles. The van der Waals surface area contributed by atoms with Gasteiger partial charge in [-0.1, -0.05) is 48.9 Å². The maximum Gasteiger partial charge on any atom is 0.262 e. The number of likely N-dealkylation sites (N-methyl/N-ethyl adjacent to an activating group) is 1. The van der Waals surface area contributed by atoms with Gasteiger partial charge in [0.2, 0.25) is 10.0 Å². The highest BCUT2D eigenvalue weighted by atomic mass is 32.2. The average molecular weight is 602 g/mol. The van der Waals surface area contributed by atoms with Gasteiger partial charge in [0.1, 0.15) is 6.10 Å². The molecule has 1 amide bonds. The lowest BCUT2D eigenvalue weighted by Gasteiger charge is -2.38. The SMILES string of the molecule is Cc1ccc(S(=O)(=O)N(C)C[C@@H]2Oc3c(NS(=O)(=O)c4ccccc4)cccc3C(=O)N([C@@H](C)CO)C[C@H]2C)cc1. The Morgan fingerprint density at radius 3 is 2.29 bits per heavy atom. The topological polar surface area (TPSA) is 133 Å². The van der Waals surface area contributed by atoms with Crippen molar-refractivity contribution in [2.75, 3.05) is 31.5 Å². The molecule has 3 atom stereocenters. The number of sulfonamides is 2. The Kier molecular flexibility index (Phi) is 9.07. The van der Waals surface area contributed by atoms with Crippen molar-refractivity contribution in [3.05, 3.63) is 83.9 Å². The second-order valence-corrected chi connectivity index (χ2v) is 14.0. The number of carbonyl (C=O) groups is 1. The van der Waals surface area contributed by atoms with Crippen molar-refractivity contribution >= 4 is 31.6 Å². The molecule has 3 aromatic rings. The summed E-state index contributed by atoms with van der Waals surface area (Å²) < 4.78 is 63.3. The van der Waals surface area contributed by atoms with Crippen LogP contribution in [0.15, 0.2) is 82.6 Å². The number of hydrogen-bond donors (Lipinski definition) is 2. The number of benzene rings is 3. The van der Waals surface area contributed by atoms with Crippen LogP contribution in [0, 0.1) is 12.8 Å². The van der Waals surface area contributed by atoms with E-state index in [0.29, 0.717) is 0 Å². The molecular formula is C29H35N3O7S2. The van der Waals surface area contributed by atoms with Crippen LogP contribution in [0.3, 0.4) is 0 Å². The van der Waals surface area contributed by atoms with Crippen molar-refractivity contribution in [3.8, 4) is 5.75 Å². The average Bonchev–Trinajstić information content (AvgIpc) is 2.95. The van der Waals surface area contributed by atoms with Gasteiger partial charge >= 0.3 is 0 Å². The van der Waals surface area contributed by atoms with Crippen LogP contribution < -0.4 is 9.46 Å². The number of rotatable bonds is 9. The number of aliphatic hydroxyl groups is 1. The first kappa shape index (κ1) is 30.5. The number of carbonyl (C=O) groups excluding carboxylic acids is 1. The minimum Gasteiger partial charge on any atom is -0.486 e. The quantitative estimate of drug-likeness (QED) is 0.384. The summed E-state index contributed by atoms with van der Waals surface area (Å²) in [5.41, 5.74) is 1.06. The number of nitrogens with zero attached hydrogens (tertiary/aromatic N) is 2. The Hall–Kier alpha value is -3.45. The van der Waals surface area contributed by atoms with Crippen LogP contribution in [0.25, 0.3) is 0 Å². The van der Waals surface area contributed by atoms with E-state index in [2.05, 4.69) is 4.72 Å². The summed E-state index contributed by atoms with van der Waals surface area (Å²) in [4.78, 5) is 15.3. The molecule has 220 valence electrons. The summed E-state index contributed by atoms with van der Waals surface area (Å²) in [5.74, 6) is -0.839. The van der Waals surface area contributed by atoms with Crippen LogP contribution in [-0.2, 0) is 20.0 Å². The molecule has 12 heteroatoms. The first-order valence-corrected chi connectivity index (χ1v) is 16.1. The van der Waals surface area contributed by atoms with E-state index in [1.54, 1.807) is 55.5 Å². The number of para-hydroxylation sites is 1. The fourth-order valence-corrected chi connectivity index (χ4v) is 6.85. The van der Waals surface area contributed by atoms with Crippen LogP contribution in [0.4, 0.5) is 5.69 Å². The molecule has 1 aliphatic rings. The summed E-state index contributed by atoms with van der Waals surface area (Å²) in [6, 6.07) is 18.3. The molecule has 0 radical (unpaired) electrons. The Balaban J connectivity index is 1.76. The minimum atomic E-state index is -4.04. The van der Waals surface area contributed by atoms with Crippen LogP contribution in [0.2, 0.25) is 0 Å². The molecule has 1 heterocycles. The zero-order valence-electron chi connectivity index (χ0n) is 23.4. The molecular weight excluding hydrogens is 566 g/mol. The first-order valence-electron chi connectivity index (χ1n) is 13.2. The van der Waals surface area contributed by atoms with Gasteiger partial charge in [-0.25, -0.2) is 16.8 Å². The summed E-state index contributed by atoms with van der Waals surface area (Å²) >= 11 is 0. The molecule has 41 heavy (non-hydrogen) atoms. The van der Waals surface area contributed by atoms with E-state index < -0.39 is 44.0 Å². The van der Waals surface area contributed by atoms with Crippen LogP contribution in [-0.4, -0.2) is 75.9 Å². The number of aliphatic hydroxyl groups excluding tert-OH is 1. The molecule has 0 aromatic heterocycles. The molecule has 10 nitrogen and oxygen atoms in total. The van der Waals surface area contributed by atoms with E-state index in [4.69, 9.17) is 4.74 Å². The Bertz CT molecular complexity index is 1600. The molecule has 0 bridgehead atoms. The normalized spacial score (nSPS) is 18.7. The second-order valence-electron chi connectivity index (χ2n) is 10.3. The molecule has 0 saturated heterocycles. The number of hydrogen-bond acceptors (Lipinski definition) is 7. The zero-order chi connectivity index (χ0) is 29.9. The maximum atomic E-state index is 13.7. The number of aryl methyl sites for hydroxylation is 1. The lowest BCUT2D eigenvalue weighted by atomic mass is 9.99. The van der Waals surface area contributed by atoms with Gasteiger partial charge in [-0.05, 0) is 50.2 Å². The molecule has 0 fully saturated rings. The monoisotopic (exact) mass is 601 g/mol. The standard InChI is InChI=1S/C29H35N3O7S2/c1-20-13-15-24(16-14-20)41(37,38)31(4)18-27-21(2)17-32(22(3)19-33)29(34)25-11-8-12-26(28(25)39-27)30-40(35,36)23-9-6-5-7-10-23/h5-16,21-22,27,30,33H,17-19H2,1-4H3/t21-,22+,27+/m1/s1. The highest BCUT2D eigenvalue weighted by molar-refractivity contribution is 7.92. The maximum absolute atomic E-state index is 13.7. The Labute approximate surface area is 241 Å². The zero-order valence-corrected chi connectivity index (χ0v) is 25.0. The van der Waals surface area contributed by atoms with Gasteiger partial charge in [0, 0.05) is 19.5 Å². The predicted molar refractivity (Wildman–Crippen MR) is 156 cm³/mol. The highest BCUT2D eigenvalue weighted by Crippen LogP contribution is 2.36. The summed E-state index contributed by atoms with van der Waals surface area (Å²) in [7, 11) is -6.46. The smallest absolute Gasteiger partial charge is 0.262 e. The van der Waals surface area contributed by atoms with Gasteiger partial charge in [0.15, 0.2) is 5.75 Å². The Morgan fingerprint density at radius 1 is 1.00 bits per heavy atom. The van der Waals surface area contributed by atoms with Gasteiger partial charge in [0.05, 0.1) is 40.2 Å². The fourth-order valence-electron chi connectivity index (χ4n) is 4.59. The summed E-state index contributed by atoms with van der Waals surface area (Å²) in [5, 5.41) is 9.89. The number of anilines is 1. The van der Waals surface area contributed by atoms with Crippen LogP contribution in [0.1, 0.15) is 29.8 Å². The van der Waals surface area contributed by atoms with Crippen molar-refractivity contribution < 1.29 is 31.5 Å². The van der Waals surface area contributed by atoms with Crippen molar-refractivity contribution in [1.29, 1.82) is 0 Å². The third-order valence-corrected chi connectivity index (χ3v) is 10.4. The van der Waals surface area contributed by atoms with Gasteiger partial charge < -0.3 is 14.7 Å². The Morgan fingerprint density at radius 2 is 1.66 bits per heavy atom. The predicted octanol–water partition coefficient (Wildman–Crippen LogP) is 3.34. The lowest BCUT2D eigenvalue weighted by Crippen LogP contribution is -2.50. The molecule has 1 aliphatic heterocycles. The van der Waals surface area contributed by atoms with Crippen LogP contribution >= 0.6 is 0 Å². The first-order chi connectivity index (χ1) is 19.3. The third-order valence-electron chi connectivity index (χ3n) is 7.16. The number of nitrogens with one attached hydrogen (secondary N) is 1. The molecule has 2 N–H and O–H groups in total. The van der Waals surface area contributed by atoms with Crippen LogP contribution in [0.5, 0.6) is 5.75 Å². The van der Waals surface area contributed by atoms with Crippen molar-refractivity contribution in [2.45, 2.75) is 42.7 Å². The lowest BCUT2D eigenvalue weighted by molar-refractivity contribution is 0.0389. The van der Waals surface area contributed by atoms with Gasteiger partial charge in [0.25, 0.3) is 15.9 Å². The van der Waals surface area contributed by atoms with Gasteiger partial charge in [-0.15, -0.1) is 0 Å². The fraction of sp³-hybridized carbons (Fsp3) is 0.345. The number of amides is 1. The summed E-state index contributed by atoms with van der Waals surface area (Å²) in [6.07, 6.45) is -0.775. The largest absolute Gasteiger partial charge is 0.486 e. The van der Waals surface area contributed by atoms with Crippen molar-refractivity contribution in [2.24, 2.45) is 5.92 Å². The van der Waals surface area contributed by atoms with Gasteiger partial charge in [-0.2, -0.15) is 4.31 Å². The number of ether oxygens (including phenoxy) is 1. The highest BCUT2D eigenvalue weighted by Gasteiger charge is 2.36. The number of fused-ring (bicyclic) bond motifs is 1. The second kappa shape index (κ2) is 12.2. The minimum absolute atomic E-state index is 0.00942. The molecule has 0 unspecified atom stereocenters. The van der Waals surface area contributed by atoms with E-state index in [1.807, 2.05) is 13.8 Å². The summed E-state index contributed by atoms with van der Waals surface area (Å²) in [6.45, 7) is 5.21. The molecule has 0 spiro atoms. The van der Waals surface area contributed by atoms with E-state index in [9.17, 15) is 26.7 Å². The molecule has 4 rings (SSSR count). The van der Waals surface area contributed by atoms with E-state index in [-0.39, 0.29) is 46.5 Å². The van der Waals surface area contributed by atoms with Crippen molar-refractivity contribution in [3.63, 3.8) is 0 Å². The molecule has 3 aromatic carbocycles. The van der Waals surface area contributed by atoms with E-state index >= 15 is 0 Å². The molecule has 0 saturated carbocycles. The van der Waals surface area contributed by atoms with E-state index in [0.717, 1.165) is 5.56 Å². The van der Waals surface area contributed by atoms with Crippen molar-refractivity contribution in [1.82, 2.24) is 9.21 Å². The third kappa shape index (κ3) is 6.56. The van der Waals surface area contributed by atoms with E-state index in [1.165, 1.54) is 40.5 Å². The van der Waals surface area contributed by atoms with Gasteiger partial charge in [-0.3, -0.25) is 9.52 Å².